The van der Waals surface area contributed by atoms with E-state index < -0.39 is 0 Å². The van der Waals surface area contributed by atoms with Crippen LogP contribution >= 0.6 is 11.8 Å². The molecule has 0 heterocycles. The van der Waals surface area contributed by atoms with Gasteiger partial charge in [0, 0.05) is 5.75 Å². The first-order valence-electron chi connectivity index (χ1n) is 9.46. The number of carbonyl (C=O) groups is 1. The Morgan fingerprint density at radius 1 is 0.966 bits per heavy atom. The smallest absolute Gasteiger partial charge is 0.252 e. The van der Waals surface area contributed by atoms with E-state index in [-0.39, 0.29) is 11.2 Å². The van der Waals surface area contributed by atoms with Gasteiger partial charge in [-0.15, -0.1) is 11.8 Å². The van der Waals surface area contributed by atoms with Crippen molar-refractivity contribution in [3.63, 3.8) is 0 Å². The fourth-order valence-corrected chi connectivity index (χ4v) is 3.36. The molecule has 4 nitrogen and oxygen atoms in total. The van der Waals surface area contributed by atoms with Crippen LogP contribution in [0.3, 0.4) is 0 Å². The predicted molar refractivity (Wildman–Crippen MR) is 120 cm³/mol. The highest BCUT2D eigenvalue weighted by Crippen LogP contribution is 2.17. The summed E-state index contributed by atoms with van der Waals surface area (Å²) in [5, 5.41) is 3.88. The number of rotatable bonds is 9. The van der Waals surface area contributed by atoms with Crippen LogP contribution < -0.4 is 10.2 Å². The SMILES string of the molecule is C[C@@H](SCc1ccccc1)C(=O)N/N=C\c1ccc(OCc2ccccc2)cc1. The maximum atomic E-state index is 12.2. The van der Waals surface area contributed by atoms with E-state index >= 15 is 0 Å². The van der Waals surface area contributed by atoms with Crippen molar-refractivity contribution in [1.82, 2.24) is 5.43 Å². The van der Waals surface area contributed by atoms with Crippen molar-refractivity contribution >= 4 is 23.9 Å². The van der Waals surface area contributed by atoms with Crippen LogP contribution in [-0.2, 0) is 17.2 Å². The van der Waals surface area contributed by atoms with Crippen LogP contribution in [0.15, 0.2) is 90.0 Å². The lowest BCUT2D eigenvalue weighted by Crippen LogP contribution is -2.26. The van der Waals surface area contributed by atoms with Gasteiger partial charge < -0.3 is 4.74 Å². The number of hydrogen-bond acceptors (Lipinski definition) is 4. The van der Waals surface area contributed by atoms with Crippen LogP contribution in [0.4, 0.5) is 0 Å². The Kier molecular flexibility index (Phi) is 7.90. The van der Waals surface area contributed by atoms with Crippen molar-refractivity contribution in [2.75, 3.05) is 0 Å². The molecule has 0 aliphatic heterocycles. The molecule has 3 rings (SSSR count). The fraction of sp³-hybridized carbons (Fsp3) is 0.167. The molecule has 0 aromatic heterocycles. The summed E-state index contributed by atoms with van der Waals surface area (Å²) in [4.78, 5) is 12.2. The molecule has 1 atom stereocenters. The number of carbonyl (C=O) groups excluding carboxylic acids is 1. The summed E-state index contributed by atoms with van der Waals surface area (Å²) in [6.07, 6.45) is 1.63. The van der Waals surface area contributed by atoms with Gasteiger partial charge in [0.2, 0.25) is 0 Å². The predicted octanol–water partition coefficient (Wildman–Crippen LogP) is 5.04. The van der Waals surface area contributed by atoms with E-state index in [0.29, 0.717) is 6.61 Å². The van der Waals surface area contributed by atoms with Crippen LogP contribution in [0.25, 0.3) is 0 Å². The number of nitrogens with zero attached hydrogens (tertiary/aromatic N) is 1. The van der Waals surface area contributed by atoms with Crippen LogP contribution in [0.1, 0.15) is 23.6 Å². The molecular weight excluding hydrogens is 380 g/mol. The maximum Gasteiger partial charge on any atom is 0.252 e. The first-order chi connectivity index (χ1) is 14.2. The average Bonchev–Trinajstić information content (AvgIpc) is 2.78. The van der Waals surface area contributed by atoms with Crippen LogP contribution in [0.2, 0.25) is 0 Å². The molecule has 0 bridgehead atoms. The van der Waals surface area contributed by atoms with Crippen molar-refractivity contribution in [3.8, 4) is 5.75 Å². The van der Waals surface area contributed by atoms with Crippen LogP contribution in [-0.4, -0.2) is 17.4 Å². The van der Waals surface area contributed by atoms with E-state index in [0.717, 1.165) is 22.6 Å². The van der Waals surface area contributed by atoms with Gasteiger partial charge in [0.25, 0.3) is 5.91 Å². The van der Waals surface area contributed by atoms with Gasteiger partial charge >= 0.3 is 0 Å². The van der Waals surface area contributed by atoms with Gasteiger partial charge in [-0.3, -0.25) is 4.79 Å². The van der Waals surface area contributed by atoms with E-state index in [9.17, 15) is 4.79 Å². The molecule has 0 saturated carbocycles. The second-order valence-corrected chi connectivity index (χ2v) is 7.85. The van der Waals surface area contributed by atoms with Gasteiger partial charge in [0.15, 0.2) is 0 Å². The first kappa shape index (κ1) is 20.7. The molecular formula is C24H24N2O2S. The quantitative estimate of drug-likeness (QED) is 0.402. The first-order valence-corrected chi connectivity index (χ1v) is 10.5. The zero-order valence-corrected chi connectivity index (χ0v) is 17.1. The van der Waals surface area contributed by atoms with E-state index in [4.69, 9.17) is 4.74 Å². The van der Waals surface area contributed by atoms with Crippen molar-refractivity contribution in [2.24, 2.45) is 5.10 Å². The molecule has 29 heavy (non-hydrogen) atoms. The number of amides is 1. The summed E-state index contributed by atoms with van der Waals surface area (Å²) in [6.45, 7) is 2.42. The van der Waals surface area contributed by atoms with Gasteiger partial charge in [-0.2, -0.15) is 5.10 Å². The highest BCUT2D eigenvalue weighted by Gasteiger charge is 2.12. The number of hydrazone groups is 1. The summed E-state index contributed by atoms with van der Waals surface area (Å²) in [6, 6.07) is 27.7. The van der Waals surface area contributed by atoms with Crippen molar-refractivity contribution in [3.05, 3.63) is 102 Å². The molecule has 1 N–H and O–H groups in total. The summed E-state index contributed by atoms with van der Waals surface area (Å²) in [7, 11) is 0. The molecule has 3 aromatic carbocycles. The average molecular weight is 405 g/mol. The van der Waals surface area contributed by atoms with Crippen molar-refractivity contribution < 1.29 is 9.53 Å². The van der Waals surface area contributed by atoms with Gasteiger partial charge in [-0.05, 0) is 47.9 Å². The zero-order chi connectivity index (χ0) is 20.3. The monoisotopic (exact) mass is 404 g/mol. The van der Waals surface area contributed by atoms with E-state index in [1.807, 2.05) is 79.7 Å². The zero-order valence-electron chi connectivity index (χ0n) is 16.3. The summed E-state index contributed by atoms with van der Waals surface area (Å²) in [5.74, 6) is 1.48. The third-order valence-electron chi connectivity index (χ3n) is 4.23. The van der Waals surface area contributed by atoms with E-state index in [1.165, 1.54) is 5.56 Å². The topological polar surface area (TPSA) is 50.7 Å². The summed E-state index contributed by atoms with van der Waals surface area (Å²) in [5.41, 5.74) is 5.83. The number of nitrogens with one attached hydrogen (secondary N) is 1. The molecule has 5 heteroatoms. The molecule has 0 saturated heterocycles. The third kappa shape index (κ3) is 7.12. The Hall–Kier alpha value is -3.05. The minimum Gasteiger partial charge on any atom is -0.489 e. The molecule has 0 aliphatic carbocycles. The normalized spacial score (nSPS) is 11.9. The van der Waals surface area contributed by atoms with Gasteiger partial charge in [0.1, 0.15) is 12.4 Å². The third-order valence-corrected chi connectivity index (χ3v) is 5.44. The highest BCUT2D eigenvalue weighted by molar-refractivity contribution is 7.99. The Morgan fingerprint density at radius 2 is 1.59 bits per heavy atom. The summed E-state index contributed by atoms with van der Waals surface area (Å²) >= 11 is 1.59. The van der Waals surface area contributed by atoms with E-state index in [2.05, 4.69) is 22.7 Å². The molecule has 3 aromatic rings. The summed E-state index contributed by atoms with van der Waals surface area (Å²) < 4.78 is 5.77. The van der Waals surface area contributed by atoms with Gasteiger partial charge in [-0.1, -0.05) is 60.7 Å². The van der Waals surface area contributed by atoms with Gasteiger partial charge in [-0.25, -0.2) is 5.43 Å². The minimum atomic E-state index is -0.180. The Labute approximate surface area is 176 Å². The second kappa shape index (κ2) is 11.1. The van der Waals surface area contributed by atoms with E-state index in [1.54, 1.807) is 18.0 Å². The number of thioether (sulfide) groups is 1. The lowest BCUT2D eigenvalue weighted by Gasteiger charge is -2.09. The lowest BCUT2D eigenvalue weighted by atomic mass is 10.2. The number of ether oxygens (including phenoxy) is 1. The van der Waals surface area contributed by atoms with Crippen LogP contribution in [0, 0.1) is 0 Å². The number of hydrogen-bond donors (Lipinski definition) is 1. The second-order valence-electron chi connectivity index (χ2n) is 6.52. The fourth-order valence-electron chi connectivity index (χ4n) is 2.52. The molecule has 0 unspecified atom stereocenters. The largest absolute Gasteiger partial charge is 0.489 e. The molecule has 0 fully saturated rings. The Balaban J connectivity index is 1.41. The van der Waals surface area contributed by atoms with Crippen molar-refractivity contribution in [2.45, 2.75) is 24.5 Å². The molecule has 0 spiro atoms. The minimum absolute atomic E-state index is 0.106. The molecule has 0 radical (unpaired) electrons. The van der Waals surface area contributed by atoms with Crippen molar-refractivity contribution in [1.29, 1.82) is 0 Å². The molecule has 0 aliphatic rings. The van der Waals surface area contributed by atoms with Crippen LogP contribution in [0.5, 0.6) is 5.75 Å². The Morgan fingerprint density at radius 3 is 2.24 bits per heavy atom. The Bertz CT molecular complexity index is 913. The standard InChI is InChI=1S/C24H24N2O2S/c1-19(29-18-22-10-6-3-7-11-22)24(27)26-25-16-20-12-14-23(15-13-20)28-17-21-8-4-2-5-9-21/h2-16,19H,17-18H2,1H3,(H,26,27)/b25-16-/t19-/m1/s1. The maximum absolute atomic E-state index is 12.2. The molecule has 148 valence electrons. The molecule has 1 amide bonds. The van der Waals surface area contributed by atoms with Gasteiger partial charge in [0.05, 0.1) is 11.5 Å². The number of benzene rings is 3. The lowest BCUT2D eigenvalue weighted by molar-refractivity contribution is -0.120. The highest BCUT2D eigenvalue weighted by atomic mass is 32.2.